The van der Waals surface area contributed by atoms with Gasteiger partial charge >= 0.3 is 0 Å². The molecule has 0 aromatic heterocycles. The van der Waals surface area contributed by atoms with E-state index in [-0.39, 0.29) is 11.6 Å². The Morgan fingerprint density at radius 3 is 2.57 bits per heavy atom. The first-order chi connectivity index (χ1) is 9.99. The van der Waals surface area contributed by atoms with E-state index in [1.54, 1.807) is 13.1 Å². The van der Waals surface area contributed by atoms with E-state index in [1.165, 1.54) is 5.56 Å². The third-order valence-corrected chi connectivity index (χ3v) is 3.31. The Bertz CT molecular complexity index is 603. The molecule has 0 saturated heterocycles. The molecule has 1 aromatic rings. The number of hydrogen-bond donors (Lipinski definition) is 2. The fraction of sp³-hybridized carbons (Fsp3) is 0.333. The monoisotopic (exact) mass is 286 g/mol. The predicted octanol–water partition coefficient (Wildman–Crippen LogP) is 1.38. The van der Waals surface area contributed by atoms with Gasteiger partial charge < -0.3 is 0 Å². The lowest BCUT2D eigenvalue weighted by Gasteiger charge is -2.04. The number of rotatable bonds is 4. The van der Waals surface area contributed by atoms with Gasteiger partial charge in [-0.15, -0.1) is 0 Å². The zero-order valence-electron chi connectivity index (χ0n) is 12.3. The maximum Gasteiger partial charge on any atom is 0.288 e. The summed E-state index contributed by atoms with van der Waals surface area (Å²) in [7, 11) is 0. The molecule has 0 radical (unpaired) electrons. The first kappa shape index (κ1) is 14.9. The Morgan fingerprint density at radius 1 is 1.38 bits per heavy atom. The zero-order chi connectivity index (χ0) is 15.4. The second-order valence-electron chi connectivity index (χ2n) is 5.22. The van der Waals surface area contributed by atoms with Gasteiger partial charge in [0, 0.05) is 0 Å². The largest absolute Gasteiger partial charge is 0.288 e. The third kappa shape index (κ3) is 3.53. The van der Waals surface area contributed by atoms with Crippen molar-refractivity contribution in [2.45, 2.75) is 26.7 Å². The van der Waals surface area contributed by atoms with Crippen LogP contribution in [0.2, 0.25) is 0 Å². The minimum absolute atomic E-state index is 0.146. The van der Waals surface area contributed by atoms with Crippen LogP contribution in [0.3, 0.4) is 0 Å². The van der Waals surface area contributed by atoms with Crippen molar-refractivity contribution in [2.75, 3.05) is 0 Å². The van der Waals surface area contributed by atoms with Crippen LogP contribution in [-0.4, -0.2) is 23.7 Å². The Balaban J connectivity index is 1.93. The molecule has 1 aliphatic heterocycles. The van der Waals surface area contributed by atoms with Gasteiger partial charge in [0.15, 0.2) is 0 Å². The maximum absolute atomic E-state index is 11.8. The van der Waals surface area contributed by atoms with Crippen LogP contribution in [0.4, 0.5) is 0 Å². The Labute approximate surface area is 123 Å². The highest BCUT2D eigenvalue weighted by Crippen LogP contribution is 2.13. The Hall–Kier alpha value is -2.50. The quantitative estimate of drug-likeness (QED) is 0.647. The van der Waals surface area contributed by atoms with E-state index in [0.29, 0.717) is 5.92 Å². The van der Waals surface area contributed by atoms with Gasteiger partial charge in [0.25, 0.3) is 5.91 Å². The minimum Gasteiger partial charge on any atom is -0.272 e. The van der Waals surface area contributed by atoms with Crippen LogP contribution in [0.15, 0.2) is 34.5 Å². The third-order valence-electron chi connectivity index (χ3n) is 3.31. The van der Waals surface area contributed by atoms with Gasteiger partial charge in [0.05, 0.1) is 12.1 Å². The molecule has 110 valence electrons. The highest BCUT2D eigenvalue weighted by molar-refractivity contribution is 6.44. The first-order valence-corrected chi connectivity index (χ1v) is 6.80. The molecule has 0 spiro atoms. The predicted molar refractivity (Wildman–Crippen MR) is 81.0 cm³/mol. The van der Waals surface area contributed by atoms with Crippen LogP contribution in [0.1, 0.15) is 37.8 Å². The zero-order valence-corrected chi connectivity index (χ0v) is 12.3. The van der Waals surface area contributed by atoms with Gasteiger partial charge in [-0.2, -0.15) is 10.2 Å². The van der Waals surface area contributed by atoms with Crippen LogP contribution in [-0.2, 0) is 9.59 Å². The van der Waals surface area contributed by atoms with E-state index in [1.807, 2.05) is 24.3 Å². The fourth-order valence-corrected chi connectivity index (χ4v) is 1.87. The normalized spacial score (nSPS) is 18.0. The molecule has 2 amide bonds. The molecule has 1 atom stereocenters. The molecule has 6 heteroatoms. The standard InChI is InChI=1S/C15H18N4O2/c1-9(2)12-6-4-11(5-7-12)8-16-18-15(21)13-10(3)14(20)19-17-13/h4-10H,1-3H3,(H,18,21)(H,19,20)/b16-8-. The van der Waals surface area contributed by atoms with Crippen molar-refractivity contribution in [1.82, 2.24) is 10.9 Å². The highest BCUT2D eigenvalue weighted by atomic mass is 16.2. The maximum atomic E-state index is 11.8. The molecule has 2 N–H and O–H groups in total. The van der Waals surface area contributed by atoms with E-state index in [4.69, 9.17) is 0 Å². The molecular weight excluding hydrogens is 268 g/mol. The molecule has 1 aromatic carbocycles. The van der Waals surface area contributed by atoms with Gasteiger partial charge in [-0.1, -0.05) is 38.1 Å². The number of carbonyl (C=O) groups excluding carboxylic acids is 2. The first-order valence-electron chi connectivity index (χ1n) is 6.80. The molecule has 0 fully saturated rings. The molecule has 2 rings (SSSR count). The van der Waals surface area contributed by atoms with E-state index in [2.05, 4.69) is 34.9 Å². The highest BCUT2D eigenvalue weighted by Gasteiger charge is 2.30. The van der Waals surface area contributed by atoms with Crippen LogP contribution in [0.25, 0.3) is 0 Å². The summed E-state index contributed by atoms with van der Waals surface area (Å²) in [6, 6.07) is 7.93. The summed E-state index contributed by atoms with van der Waals surface area (Å²) in [5, 5.41) is 7.56. The molecule has 21 heavy (non-hydrogen) atoms. The summed E-state index contributed by atoms with van der Waals surface area (Å²) in [5.41, 5.74) is 6.91. The number of hydrogen-bond acceptors (Lipinski definition) is 4. The minimum atomic E-state index is -0.550. The summed E-state index contributed by atoms with van der Waals surface area (Å²) in [6.07, 6.45) is 1.55. The van der Waals surface area contributed by atoms with Crippen LogP contribution in [0, 0.1) is 5.92 Å². The number of amides is 2. The molecule has 6 nitrogen and oxygen atoms in total. The number of nitrogens with zero attached hydrogens (tertiary/aromatic N) is 2. The van der Waals surface area contributed by atoms with E-state index < -0.39 is 11.8 Å². The van der Waals surface area contributed by atoms with Crippen LogP contribution < -0.4 is 10.9 Å². The molecule has 0 saturated carbocycles. The van der Waals surface area contributed by atoms with Crippen molar-refractivity contribution in [3.8, 4) is 0 Å². The Morgan fingerprint density at radius 2 is 2.05 bits per heavy atom. The molecule has 0 aliphatic carbocycles. The molecule has 1 aliphatic rings. The van der Waals surface area contributed by atoms with Crippen molar-refractivity contribution in [3.63, 3.8) is 0 Å². The van der Waals surface area contributed by atoms with Crippen molar-refractivity contribution < 1.29 is 9.59 Å². The number of carbonyl (C=O) groups is 2. The average molecular weight is 286 g/mol. The van der Waals surface area contributed by atoms with E-state index in [0.717, 1.165) is 5.56 Å². The number of benzene rings is 1. The van der Waals surface area contributed by atoms with Crippen molar-refractivity contribution in [1.29, 1.82) is 0 Å². The summed E-state index contributed by atoms with van der Waals surface area (Å²) in [5.74, 6) is -0.836. The van der Waals surface area contributed by atoms with Crippen LogP contribution >= 0.6 is 0 Å². The second kappa shape index (κ2) is 6.30. The van der Waals surface area contributed by atoms with Gasteiger partial charge in [-0.25, -0.2) is 10.9 Å². The van der Waals surface area contributed by atoms with Gasteiger partial charge in [-0.05, 0) is 24.0 Å². The summed E-state index contributed by atoms with van der Waals surface area (Å²) >= 11 is 0. The topological polar surface area (TPSA) is 82.9 Å². The molecule has 0 bridgehead atoms. The SMILES string of the molecule is CC1C(=O)NN=C1C(=O)N/N=C\c1ccc(C(C)C)cc1. The molecule has 1 unspecified atom stereocenters. The fourth-order valence-electron chi connectivity index (χ4n) is 1.87. The van der Waals surface area contributed by atoms with Crippen molar-refractivity contribution in [2.24, 2.45) is 16.1 Å². The van der Waals surface area contributed by atoms with E-state index >= 15 is 0 Å². The summed E-state index contributed by atoms with van der Waals surface area (Å²) in [4.78, 5) is 23.0. The van der Waals surface area contributed by atoms with Crippen molar-refractivity contribution >= 4 is 23.7 Å². The lowest BCUT2D eigenvalue weighted by atomic mass is 10.0. The average Bonchev–Trinajstić information content (AvgIpc) is 2.79. The number of nitrogens with one attached hydrogen (secondary N) is 2. The lowest BCUT2D eigenvalue weighted by molar-refractivity contribution is -0.122. The van der Waals surface area contributed by atoms with Crippen LogP contribution in [0.5, 0.6) is 0 Å². The Kier molecular flexibility index (Phi) is 4.47. The smallest absolute Gasteiger partial charge is 0.272 e. The number of hydrazone groups is 2. The summed E-state index contributed by atoms with van der Waals surface area (Å²) < 4.78 is 0. The lowest BCUT2D eigenvalue weighted by Crippen LogP contribution is -2.32. The second-order valence-corrected chi connectivity index (χ2v) is 5.22. The van der Waals surface area contributed by atoms with Gasteiger partial charge in [0.2, 0.25) is 5.91 Å². The van der Waals surface area contributed by atoms with Gasteiger partial charge in [0.1, 0.15) is 5.71 Å². The van der Waals surface area contributed by atoms with Gasteiger partial charge in [-0.3, -0.25) is 9.59 Å². The van der Waals surface area contributed by atoms with E-state index in [9.17, 15) is 9.59 Å². The van der Waals surface area contributed by atoms with Crippen molar-refractivity contribution in [3.05, 3.63) is 35.4 Å². The summed E-state index contributed by atoms with van der Waals surface area (Å²) in [6.45, 7) is 5.87. The molecular formula is C15H18N4O2. The molecule has 1 heterocycles.